The number of halogens is 1. The zero-order chi connectivity index (χ0) is 9.42. The molecular formula is C9H8FNO2. The Morgan fingerprint density at radius 2 is 2.23 bits per heavy atom. The molecule has 1 heterocycles. The van der Waals surface area contributed by atoms with Crippen molar-refractivity contribution in [1.82, 2.24) is 0 Å². The maximum absolute atomic E-state index is 12.7. The largest absolute Gasteiger partial charge is 0.504 e. The molecule has 0 aliphatic carbocycles. The summed E-state index contributed by atoms with van der Waals surface area (Å²) in [5.74, 6) is -0.204. The lowest BCUT2D eigenvalue weighted by atomic mass is 10.2. The molecule has 4 heteroatoms. The summed E-state index contributed by atoms with van der Waals surface area (Å²) < 4.78 is 17.9. The second-order valence-electron chi connectivity index (χ2n) is 2.72. The van der Waals surface area contributed by atoms with E-state index < -0.39 is 5.82 Å². The van der Waals surface area contributed by atoms with Gasteiger partial charge in [0.2, 0.25) is 0 Å². The molecule has 0 amide bonds. The van der Waals surface area contributed by atoms with E-state index >= 15 is 0 Å². The van der Waals surface area contributed by atoms with E-state index in [4.69, 9.17) is 10.2 Å². The number of hydrogen-bond donors (Lipinski definition) is 2. The fourth-order valence-corrected chi connectivity index (χ4v) is 1.25. The number of furan rings is 1. The molecule has 3 N–H and O–H groups in total. The molecule has 0 saturated heterocycles. The summed E-state index contributed by atoms with van der Waals surface area (Å²) in [6, 6.07) is 3.95. The molecule has 0 spiro atoms. The second-order valence-corrected chi connectivity index (χ2v) is 2.72. The van der Waals surface area contributed by atoms with Crippen LogP contribution in [0.1, 0.15) is 5.76 Å². The molecule has 0 radical (unpaired) electrons. The molecule has 1 aromatic carbocycles. The van der Waals surface area contributed by atoms with E-state index in [1.54, 1.807) is 0 Å². The molecule has 0 bridgehead atoms. The average molecular weight is 181 g/mol. The maximum atomic E-state index is 12.7. The van der Waals surface area contributed by atoms with Crippen LogP contribution >= 0.6 is 0 Å². The molecule has 2 aromatic rings. The van der Waals surface area contributed by atoms with E-state index in [1.165, 1.54) is 18.2 Å². The predicted octanol–water partition coefficient (Wildman–Crippen LogP) is 1.74. The van der Waals surface area contributed by atoms with Gasteiger partial charge in [-0.2, -0.15) is 0 Å². The molecule has 1 aromatic heterocycles. The van der Waals surface area contributed by atoms with Gasteiger partial charge in [-0.05, 0) is 18.2 Å². The van der Waals surface area contributed by atoms with Crippen LogP contribution in [-0.4, -0.2) is 5.11 Å². The number of benzene rings is 1. The third-order valence-electron chi connectivity index (χ3n) is 1.88. The fourth-order valence-electron chi connectivity index (χ4n) is 1.25. The minimum absolute atomic E-state index is 0.0722. The van der Waals surface area contributed by atoms with E-state index in [1.807, 2.05) is 0 Å². The highest BCUT2D eigenvalue weighted by molar-refractivity contribution is 5.85. The van der Waals surface area contributed by atoms with Gasteiger partial charge < -0.3 is 15.3 Å². The fraction of sp³-hybridized carbons (Fsp3) is 0.111. The maximum Gasteiger partial charge on any atom is 0.166 e. The Morgan fingerprint density at radius 3 is 2.92 bits per heavy atom. The van der Waals surface area contributed by atoms with Gasteiger partial charge in [0.15, 0.2) is 11.5 Å². The van der Waals surface area contributed by atoms with Crippen LogP contribution in [0, 0.1) is 5.82 Å². The van der Waals surface area contributed by atoms with Gasteiger partial charge in [-0.15, -0.1) is 0 Å². The highest BCUT2D eigenvalue weighted by Gasteiger charge is 2.11. The summed E-state index contributed by atoms with van der Waals surface area (Å²) in [6.07, 6.45) is 0. The van der Waals surface area contributed by atoms with Crippen LogP contribution in [0.3, 0.4) is 0 Å². The van der Waals surface area contributed by atoms with Crippen LogP contribution < -0.4 is 5.73 Å². The molecule has 3 nitrogen and oxygen atoms in total. The number of hydrogen-bond acceptors (Lipinski definition) is 3. The molecule has 2 rings (SSSR count). The van der Waals surface area contributed by atoms with Gasteiger partial charge in [0.05, 0.1) is 11.9 Å². The van der Waals surface area contributed by atoms with Crippen LogP contribution in [0.2, 0.25) is 0 Å². The summed E-state index contributed by atoms with van der Waals surface area (Å²) in [5, 5.41) is 9.84. The standard InChI is InChI=1S/C9H8FNO2/c10-5-1-2-7-6(3-5)9(12)8(4-11)13-7/h1-3,12H,4,11H2. The third-order valence-corrected chi connectivity index (χ3v) is 1.88. The second kappa shape index (κ2) is 2.74. The number of fused-ring (bicyclic) bond motifs is 1. The Bertz CT molecular complexity index is 450. The van der Waals surface area contributed by atoms with Gasteiger partial charge in [0.1, 0.15) is 11.4 Å². The first-order valence-electron chi connectivity index (χ1n) is 3.82. The minimum atomic E-state index is -0.410. The van der Waals surface area contributed by atoms with Crippen LogP contribution in [0.5, 0.6) is 5.75 Å². The van der Waals surface area contributed by atoms with Crippen LogP contribution in [0.15, 0.2) is 22.6 Å². The number of aromatic hydroxyl groups is 1. The lowest BCUT2D eigenvalue weighted by Crippen LogP contribution is -1.93. The molecule has 13 heavy (non-hydrogen) atoms. The van der Waals surface area contributed by atoms with Crippen molar-refractivity contribution < 1.29 is 13.9 Å². The Kier molecular flexibility index (Phi) is 1.70. The zero-order valence-electron chi connectivity index (χ0n) is 6.75. The van der Waals surface area contributed by atoms with Crippen molar-refractivity contribution in [3.8, 4) is 5.75 Å². The molecule has 68 valence electrons. The van der Waals surface area contributed by atoms with Gasteiger partial charge in [0.25, 0.3) is 0 Å². The van der Waals surface area contributed by atoms with Crippen molar-refractivity contribution >= 4 is 11.0 Å². The number of rotatable bonds is 1. The van der Waals surface area contributed by atoms with Gasteiger partial charge in [-0.25, -0.2) is 4.39 Å². The Hall–Kier alpha value is -1.55. The first-order valence-corrected chi connectivity index (χ1v) is 3.82. The Balaban J connectivity index is 2.77. The topological polar surface area (TPSA) is 59.4 Å². The van der Waals surface area contributed by atoms with E-state index in [0.29, 0.717) is 11.0 Å². The van der Waals surface area contributed by atoms with Crippen molar-refractivity contribution in [1.29, 1.82) is 0 Å². The summed E-state index contributed by atoms with van der Waals surface area (Å²) in [6.45, 7) is 0.0993. The Labute approximate surface area is 73.6 Å². The van der Waals surface area contributed by atoms with Crippen molar-refractivity contribution in [3.63, 3.8) is 0 Å². The van der Waals surface area contributed by atoms with Crippen LogP contribution in [0.25, 0.3) is 11.0 Å². The van der Waals surface area contributed by atoms with E-state index in [2.05, 4.69) is 0 Å². The SMILES string of the molecule is NCc1oc2ccc(F)cc2c1O. The summed E-state index contributed by atoms with van der Waals surface area (Å²) >= 11 is 0. The monoisotopic (exact) mass is 181 g/mol. The molecule has 0 saturated carbocycles. The number of nitrogens with two attached hydrogens (primary N) is 1. The summed E-state index contributed by atoms with van der Waals surface area (Å²) in [7, 11) is 0. The van der Waals surface area contributed by atoms with E-state index in [0.717, 1.165) is 0 Å². The first-order chi connectivity index (χ1) is 6.22. The van der Waals surface area contributed by atoms with Gasteiger partial charge in [-0.3, -0.25) is 0 Å². The first kappa shape index (κ1) is 8.07. The van der Waals surface area contributed by atoms with Gasteiger partial charge >= 0.3 is 0 Å². The highest BCUT2D eigenvalue weighted by atomic mass is 19.1. The average Bonchev–Trinajstić information content (AvgIpc) is 2.44. The summed E-state index contributed by atoms with van der Waals surface area (Å²) in [5.41, 5.74) is 5.75. The zero-order valence-corrected chi connectivity index (χ0v) is 6.75. The van der Waals surface area contributed by atoms with Crippen LogP contribution in [-0.2, 0) is 6.54 Å². The van der Waals surface area contributed by atoms with Crippen molar-refractivity contribution in [3.05, 3.63) is 29.8 Å². The Morgan fingerprint density at radius 1 is 1.46 bits per heavy atom. The third kappa shape index (κ3) is 1.15. The summed E-state index contributed by atoms with van der Waals surface area (Å²) in [4.78, 5) is 0. The van der Waals surface area contributed by atoms with Crippen molar-refractivity contribution in [2.45, 2.75) is 6.54 Å². The van der Waals surface area contributed by atoms with Crippen molar-refractivity contribution in [2.75, 3.05) is 0 Å². The smallest absolute Gasteiger partial charge is 0.166 e. The van der Waals surface area contributed by atoms with Gasteiger partial charge in [-0.1, -0.05) is 0 Å². The van der Waals surface area contributed by atoms with Gasteiger partial charge in [0, 0.05) is 0 Å². The molecular weight excluding hydrogens is 173 g/mol. The molecule has 0 unspecified atom stereocenters. The molecule has 0 aliphatic heterocycles. The normalized spacial score (nSPS) is 10.9. The predicted molar refractivity (Wildman–Crippen MR) is 45.7 cm³/mol. The molecule has 0 fully saturated rings. The van der Waals surface area contributed by atoms with E-state index in [9.17, 15) is 9.50 Å². The van der Waals surface area contributed by atoms with Crippen molar-refractivity contribution in [2.24, 2.45) is 5.73 Å². The highest BCUT2D eigenvalue weighted by Crippen LogP contribution is 2.31. The lowest BCUT2D eigenvalue weighted by Gasteiger charge is -1.89. The van der Waals surface area contributed by atoms with Crippen LogP contribution in [0.4, 0.5) is 4.39 Å². The lowest BCUT2D eigenvalue weighted by molar-refractivity contribution is 0.442. The minimum Gasteiger partial charge on any atom is -0.504 e. The van der Waals surface area contributed by atoms with E-state index in [-0.39, 0.29) is 18.1 Å². The molecule has 0 aliphatic rings. The quantitative estimate of drug-likeness (QED) is 0.704. The molecule has 0 atom stereocenters.